The van der Waals surface area contributed by atoms with Gasteiger partial charge in [-0.15, -0.1) is 0 Å². The highest BCUT2D eigenvalue weighted by Crippen LogP contribution is 2.53. The van der Waals surface area contributed by atoms with E-state index in [-0.39, 0.29) is 64.4 Å². The van der Waals surface area contributed by atoms with Crippen LogP contribution in [-0.4, -0.2) is 166 Å². The summed E-state index contributed by atoms with van der Waals surface area (Å²) in [5.41, 5.74) is 9.43. The van der Waals surface area contributed by atoms with Crippen molar-refractivity contribution in [3.05, 3.63) is 284 Å². The van der Waals surface area contributed by atoms with Crippen molar-refractivity contribution in [2.75, 3.05) is 79.4 Å². The zero-order valence-corrected chi connectivity index (χ0v) is 74.0. The summed E-state index contributed by atoms with van der Waals surface area (Å²) in [5, 5.41) is 16.9. The molecule has 4 fully saturated rings. The van der Waals surface area contributed by atoms with Crippen LogP contribution >= 0.6 is 34.8 Å². The van der Waals surface area contributed by atoms with Crippen molar-refractivity contribution in [3.8, 4) is 80.1 Å². The van der Waals surface area contributed by atoms with Gasteiger partial charge in [0, 0.05) is 193 Å². The Hall–Kier alpha value is -12.4. The van der Waals surface area contributed by atoms with Crippen LogP contribution in [-0.2, 0) is 39.3 Å². The van der Waals surface area contributed by atoms with Gasteiger partial charge < -0.3 is 76.3 Å². The maximum Gasteiger partial charge on any atom is 0.260 e. The highest BCUT2D eigenvalue weighted by atomic mass is 35.5. The van der Waals surface area contributed by atoms with E-state index in [0.29, 0.717) is 129 Å². The van der Waals surface area contributed by atoms with Gasteiger partial charge in [-0.1, -0.05) is 59.1 Å². The Labute approximate surface area is 746 Å². The fourth-order valence-corrected chi connectivity index (χ4v) is 20.0. The molecule has 4 spiro atoms. The number of halogens is 4. The maximum atomic E-state index is 14.4. The van der Waals surface area contributed by atoms with Crippen molar-refractivity contribution in [1.82, 2.24) is 43.1 Å². The molecule has 12 aromatic rings. The Morgan fingerprint density at radius 3 is 1.41 bits per heavy atom. The monoisotopic (exact) mass is 1780 g/mol. The highest BCUT2D eigenvalue weighted by Gasteiger charge is 2.50. The smallest absolute Gasteiger partial charge is 0.260 e. The van der Waals surface area contributed by atoms with Gasteiger partial charge in [-0.05, 0) is 179 Å². The van der Waals surface area contributed by atoms with Crippen LogP contribution in [0.4, 0.5) is 4.39 Å². The van der Waals surface area contributed by atoms with Gasteiger partial charge in [0.05, 0.1) is 78.5 Å². The molecule has 4 saturated heterocycles. The van der Waals surface area contributed by atoms with Crippen molar-refractivity contribution in [3.63, 3.8) is 0 Å². The van der Waals surface area contributed by atoms with E-state index in [1.165, 1.54) is 38.5 Å². The number of methoxy groups -OCH3 is 2. The molecule has 0 radical (unpaired) electrons. The first-order chi connectivity index (χ1) is 60.6. The van der Waals surface area contributed by atoms with Gasteiger partial charge >= 0.3 is 0 Å². The van der Waals surface area contributed by atoms with Gasteiger partial charge in [-0.2, -0.15) is 5.10 Å². The lowest BCUT2D eigenvalue weighted by atomic mass is 9.81. The zero-order valence-electron chi connectivity index (χ0n) is 70.9. The third-order valence-corrected chi connectivity index (χ3v) is 26.8. The first-order valence-corrected chi connectivity index (χ1v) is 45.1. The second-order valence-corrected chi connectivity index (χ2v) is 36.2. The van der Waals surface area contributed by atoms with E-state index in [9.17, 15) is 37.1 Å². The Morgan fingerprint density at radius 2 is 0.944 bits per heavy atom. The summed E-state index contributed by atoms with van der Waals surface area (Å²) < 4.78 is 94.7. The predicted molar refractivity (Wildman–Crippen MR) is 478 cm³/mol. The summed E-state index contributed by atoms with van der Waals surface area (Å²) >= 11 is 18.6. The molecule has 29 heteroatoms. The lowest BCUT2D eigenvalue weighted by molar-refractivity contribution is -0.00990. The number of aromatic nitrogens is 5. The van der Waals surface area contributed by atoms with Crippen LogP contribution in [0.2, 0.25) is 15.1 Å². The maximum absolute atomic E-state index is 14.4. The molecule has 4 amide bonds. The number of amides is 4. The van der Waals surface area contributed by atoms with Crippen LogP contribution < -0.4 is 37.9 Å². The number of carbonyl (C=O) groups is 4. The molecule has 0 bridgehead atoms. The third kappa shape index (κ3) is 16.1. The summed E-state index contributed by atoms with van der Waals surface area (Å²) in [6.45, 7) is 12.4. The molecule has 0 atom stereocenters. The normalized spacial score (nSPS) is 16.5. The van der Waals surface area contributed by atoms with Crippen LogP contribution in [0.15, 0.2) is 218 Å². The van der Waals surface area contributed by atoms with Crippen LogP contribution in [0.5, 0.6) is 51.7 Å². The van der Waals surface area contributed by atoms with E-state index in [1.807, 2.05) is 172 Å². The first-order valence-electron chi connectivity index (χ1n) is 42.1. The summed E-state index contributed by atoms with van der Waals surface area (Å²) in [4.78, 5) is 59.7. The molecular weight excluding hydrogens is 1690 g/mol. The van der Waals surface area contributed by atoms with Crippen molar-refractivity contribution < 1.29 is 76.4 Å². The van der Waals surface area contributed by atoms with Crippen LogP contribution in [0, 0.1) is 12.7 Å². The van der Waals surface area contributed by atoms with E-state index in [1.54, 1.807) is 45.0 Å². The molecule has 12 heterocycles. The van der Waals surface area contributed by atoms with Gasteiger partial charge in [0.25, 0.3) is 23.6 Å². The van der Waals surface area contributed by atoms with Crippen LogP contribution in [0.1, 0.15) is 143 Å². The fraction of sp³-hybridized carbons (Fsp3) is 0.309. The number of sulfone groups is 1. The average molecular weight is 1790 g/mol. The van der Waals surface area contributed by atoms with Crippen LogP contribution in [0.3, 0.4) is 0 Å². The lowest BCUT2D eigenvalue weighted by Crippen LogP contribution is -2.50. The standard InChI is InChI=1S/C26H27ClN2O3.C24H23ClN2O5S.C24H25N3O4.C23H20ClFN2O3.H2/c1-17(2)31-22-9-6-19(15-18(22)3)25(30)28-13-10-26(11-14-28)24-5-4-12-29(24)21-8-7-20(27)16-23(21)32-26;1-31-19-8-5-16(14-21(19)33(2,29)30)23(28)26-12-9-24(10-13-26)22-4-3-11-27(22)18-7-6-17(25)15-20(18)32-24;1-3-30-20-10-6-8-17(22(20)28)23(29)27-13-11-24(12-14-27)18-15-25-26(2)21(18)16-7-4-5-9-19(16)31-24;1-29-18-5-2-4-16(25)21(18)22(28)26-12-9-23(10-13-26)20-6-3-11-27(20)17-8-7-15(24)14-19(17)30-23;/h4-9,12,15-17H,10-11,13-14H2,1-3H3;3-8,11,14-15H,9-10,12-13H2,1-2H3;4-10,15,28H,3,11-14H2,1-2H3;2-8,11,14H,9-10,12-13H2,1H3;1H. The minimum atomic E-state index is -3.54. The van der Waals surface area contributed by atoms with Gasteiger partial charge in [0.2, 0.25) is 0 Å². The minimum absolute atomic E-state index is 0. The highest BCUT2D eigenvalue weighted by molar-refractivity contribution is 7.90. The largest absolute Gasteiger partial charge is 0.504 e. The van der Waals surface area contributed by atoms with E-state index < -0.39 is 38.1 Å². The number of para-hydroxylation sites is 2. The minimum Gasteiger partial charge on any atom is -0.504 e. The number of benzene rings is 8. The Morgan fingerprint density at radius 1 is 0.508 bits per heavy atom. The lowest BCUT2D eigenvalue weighted by Gasteiger charge is -2.45. The second kappa shape index (κ2) is 34.5. The number of hydrogen-bond donors (Lipinski definition) is 1. The number of piperidine rings is 4. The van der Waals surface area contributed by atoms with Gasteiger partial charge in [0.1, 0.15) is 62.1 Å². The summed E-state index contributed by atoms with van der Waals surface area (Å²) in [6.07, 6.45) is 14.3. The summed E-state index contributed by atoms with van der Waals surface area (Å²) in [5.74, 6) is 3.28. The van der Waals surface area contributed by atoms with E-state index in [0.717, 1.165) is 104 Å². The first kappa shape index (κ1) is 85.8. The number of aromatic hydroxyl groups is 1. The van der Waals surface area contributed by atoms with Crippen molar-refractivity contribution in [2.24, 2.45) is 7.05 Å². The molecule has 4 aromatic heterocycles. The number of ether oxygens (including phenoxy) is 8. The molecule has 8 aliphatic heterocycles. The van der Waals surface area contributed by atoms with Gasteiger partial charge in [-0.25, -0.2) is 12.8 Å². The third-order valence-electron chi connectivity index (χ3n) is 25.0. The van der Waals surface area contributed by atoms with Crippen molar-refractivity contribution >= 4 is 68.3 Å². The van der Waals surface area contributed by atoms with Crippen LogP contribution in [0.25, 0.3) is 28.3 Å². The Kier molecular flexibility index (Phi) is 23.5. The zero-order chi connectivity index (χ0) is 88.3. The van der Waals surface area contributed by atoms with Gasteiger partial charge in [0.15, 0.2) is 38.1 Å². The number of hydrogen-bond acceptors (Lipinski definition) is 16. The molecule has 20 rings (SSSR count). The van der Waals surface area contributed by atoms with E-state index in [2.05, 4.69) is 49.3 Å². The molecule has 0 aliphatic carbocycles. The SMILES string of the molecule is CCOc1cccc(C(=O)N2CCC3(CC2)Oc2ccccc2-c2c3cnn2C)c1O.COc1ccc(C(=O)N2CCC3(CC2)Oc2cc(Cl)ccc2-n2cccc23)cc1S(C)(=O)=O.COc1cccc(F)c1C(=O)N1CCC2(CC1)Oc1cc(Cl)ccc1-n1cccc12.Cc1cc(C(=O)N2CCC3(CC2)Oc2cc(Cl)ccc2-n2cccc23)ccc1OC(C)C.[HH]. The molecule has 1 N–H and O–H groups in total. The molecule has 0 saturated carbocycles. The number of carbonyl (C=O) groups excluding carboxylic acids is 4. The number of fused-ring (bicyclic) bond motifs is 16. The number of nitrogens with zero attached hydrogens (tertiary/aromatic N) is 9. The molecule has 24 nitrogen and oxygen atoms in total. The molecule has 8 aliphatic rings. The summed E-state index contributed by atoms with van der Waals surface area (Å²) in [6, 6.07) is 56.8. The average Bonchev–Trinajstić information content (AvgIpc) is 1.71. The Bertz CT molecular complexity index is 6340. The second-order valence-electron chi connectivity index (χ2n) is 32.9. The van der Waals surface area contributed by atoms with Crippen molar-refractivity contribution in [2.45, 2.75) is 112 Å². The number of aryl methyl sites for hydroxylation is 2. The fourth-order valence-electron chi connectivity index (χ4n) is 18.6. The van der Waals surface area contributed by atoms with Gasteiger partial charge in [-0.3, -0.25) is 23.9 Å². The molecule has 8 aromatic carbocycles. The molecule has 0 unspecified atom stereocenters. The molecule has 654 valence electrons. The van der Waals surface area contributed by atoms with Crippen molar-refractivity contribution in [1.29, 1.82) is 0 Å². The van der Waals surface area contributed by atoms with E-state index in [4.69, 9.17) is 72.7 Å². The Balaban J connectivity index is 0.000000124. The molecule has 126 heavy (non-hydrogen) atoms. The number of rotatable bonds is 11. The number of phenols is 1. The predicted octanol–water partition coefficient (Wildman–Crippen LogP) is 18.6. The number of likely N-dealkylation sites (tertiary alicyclic amines) is 4. The molecular formula is C97H97Cl3FN9O15S. The topological polar surface area (TPSA) is 242 Å². The number of phenolic OH excluding ortho intramolecular Hbond substituents is 1. The van der Waals surface area contributed by atoms with E-state index >= 15 is 0 Å². The summed E-state index contributed by atoms with van der Waals surface area (Å²) in [7, 11) is 1.24. The quantitative estimate of drug-likeness (QED) is 0.127.